The zero-order valence-corrected chi connectivity index (χ0v) is 16.2. The summed E-state index contributed by atoms with van der Waals surface area (Å²) in [6.45, 7) is 0. The fourth-order valence-electron chi connectivity index (χ4n) is 3.40. The summed E-state index contributed by atoms with van der Waals surface area (Å²) in [6.07, 6.45) is 2.98. The van der Waals surface area contributed by atoms with Crippen molar-refractivity contribution in [1.29, 1.82) is 0 Å². The molecule has 0 saturated heterocycles. The van der Waals surface area contributed by atoms with Gasteiger partial charge in [-0.3, -0.25) is 4.79 Å². The van der Waals surface area contributed by atoms with Crippen molar-refractivity contribution in [2.24, 2.45) is 0 Å². The van der Waals surface area contributed by atoms with E-state index in [-0.39, 0.29) is 34.4 Å². The lowest BCUT2D eigenvalue weighted by molar-refractivity contribution is 0.0912. The van der Waals surface area contributed by atoms with Crippen molar-refractivity contribution in [2.45, 2.75) is 25.3 Å². The Bertz CT molecular complexity index is 1100. The predicted octanol–water partition coefficient (Wildman–Crippen LogP) is 3.32. The van der Waals surface area contributed by atoms with Gasteiger partial charge >= 0.3 is 0 Å². The van der Waals surface area contributed by atoms with E-state index in [9.17, 15) is 9.18 Å². The second-order valence-corrected chi connectivity index (χ2v) is 6.95. The lowest BCUT2D eigenvalue weighted by atomic mass is 9.93. The lowest BCUT2D eigenvalue weighted by Gasteiger charge is -2.26. The second kappa shape index (κ2) is 7.54. The number of amides is 1. The first-order chi connectivity index (χ1) is 14.0. The molecule has 0 atom stereocenters. The second-order valence-electron chi connectivity index (χ2n) is 6.95. The first-order valence-corrected chi connectivity index (χ1v) is 9.31. The highest BCUT2D eigenvalue weighted by Crippen LogP contribution is 2.39. The maximum atomic E-state index is 14.8. The van der Waals surface area contributed by atoms with Crippen LogP contribution < -0.4 is 20.5 Å². The molecular weight excluding hydrogens is 375 g/mol. The van der Waals surface area contributed by atoms with Gasteiger partial charge < -0.3 is 20.5 Å². The molecule has 3 N–H and O–H groups in total. The number of hydrogen-bond donors (Lipinski definition) is 2. The van der Waals surface area contributed by atoms with Crippen LogP contribution in [0.5, 0.6) is 11.5 Å². The van der Waals surface area contributed by atoms with E-state index in [1.807, 2.05) is 0 Å². The van der Waals surface area contributed by atoms with Crippen molar-refractivity contribution in [1.82, 2.24) is 15.5 Å². The van der Waals surface area contributed by atoms with Gasteiger partial charge in [-0.05, 0) is 43.5 Å². The molecule has 1 aromatic heterocycles. The Kier molecular flexibility index (Phi) is 4.92. The van der Waals surface area contributed by atoms with Gasteiger partial charge in [0.2, 0.25) is 0 Å². The number of carbonyl (C=O) groups is 1. The molecule has 0 aliphatic heterocycles. The third-order valence-electron chi connectivity index (χ3n) is 5.26. The predicted molar refractivity (Wildman–Crippen MR) is 108 cm³/mol. The van der Waals surface area contributed by atoms with Crippen LogP contribution in [-0.4, -0.2) is 36.4 Å². The van der Waals surface area contributed by atoms with Crippen LogP contribution in [0.2, 0.25) is 0 Å². The molecule has 0 unspecified atom stereocenters. The molecule has 1 aliphatic rings. The van der Waals surface area contributed by atoms with Crippen molar-refractivity contribution in [2.75, 3.05) is 20.0 Å². The van der Waals surface area contributed by atoms with Crippen molar-refractivity contribution in [3.05, 3.63) is 41.8 Å². The number of nitrogens with two attached hydrogens (primary N) is 1. The molecule has 1 fully saturated rings. The molecule has 8 heteroatoms. The summed E-state index contributed by atoms with van der Waals surface area (Å²) in [7, 11) is 3.03. The molecule has 1 amide bonds. The number of rotatable bonds is 5. The van der Waals surface area contributed by atoms with Gasteiger partial charge in [-0.25, -0.2) is 4.39 Å². The maximum Gasteiger partial charge on any atom is 0.274 e. The van der Waals surface area contributed by atoms with Crippen molar-refractivity contribution >= 4 is 22.5 Å². The Labute approximate surface area is 167 Å². The number of hydrogen-bond acceptors (Lipinski definition) is 6. The monoisotopic (exact) mass is 396 g/mol. The van der Waals surface area contributed by atoms with Crippen molar-refractivity contribution < 1.29 is 18.7 Å². The number of carbonyl (C=O) groups excluding carboxylic acids is 1. The van der Waals surface area contributed by atoms with Crippen LogP contribution in [0.15, 0.2) is 30.3 Å². The van der Waals surface area contributed by atoms with E-state index in [0.717, 1.165) is 19.3 Å². The van der Waals surface area contributed by atoms with Crippen molar-refractivity contribution in [3.63, 3.8) is 0 Å². The number of fused-ring (bicyclic) bond motifs is 1. The van der Waals surface area contributed by atoms with E-state index in [2.05, 4.69) is 15.5 Å². The third-order valence-corrected chi connectivity index (χ3v) is 5.26. The number of ether oxygens (including phenoxy) is 2. The first kappa shape index (κ1) is 18.9. The molecule has 1 heterocycles. The molecule has 1 saturated carbocycles. The molecule has 3 aromatic rings. The highest BCUT2D eigenvalue weighted by atomic mass is 19.1. The van der Waals surface area contributed by atoms with Crippen molar-refractivity contribution in [3.8, 4) is 22.6 Å². The van der Waals surface area contributed by atoms with E-state index >= 15 is 0 Å². The van der Waals surface area contributed by atoms with E-state index in [4.69, 9.17) is 15.2 Å². The SMILES string of the molecule is COc1ccc(-c2c(F)ccc3c(N)c(C(=O)NC4CCC4)nnc23)c(OC)c1. The fraction of sp³-hybridized carbons (Fsp3) is 0.286. The quantitative estimate of drug-likeness (QED) is 0.686. The summed E-state index contributed by atoms with van der Waals surface area (Å²) in [4.78, 5) is 12.5. The van der Waals surface area contributed by atoms with Gasteiger partial charge in [0, 0.05) is 28.6 Å². The Hall–Kier alpha value is -3.42. The summed E-state index contributed by atoms with van der Waals surface area (Å²) in [6, 6.07) is 8.00. The first-order valence-electron chi connectivity index (χ1n) is 9.31. The molecule has 150 valence electrons. The summed E-state index contributed by atoms with van der Waals surface area (Å²) in [5.41, 5.74) is 7.38. The Balaban J connectivity index is 1.84. The molecule has 2 aromatic carbocycles. The molecule has 1 aliphatic carbocycles. The number of nitrogen functional groups attached to an aromatic ring is 1. The fourth-order valence-corrected chi connectivity index (χ4v) is 3.40. The maximum absolute atomic E-state index is 14.8. The van der Waals surface area contributed by atoms with E-state index in [0.29, 0.717) is 22.4 Å². The minimum absolute atomic E-state index is 0.0451. The van der Waals surface area contributed by atoms with Gasteiger partial charge in [-0.2, -0.15) is 0 Å². The molecule has 0 spiro atoms. The smallest absolute Gasteiger partial charge is 0.274 e. The summed E-state index contributed by atoms with van der Waals surface area (Å²) in [5, 5.41) is 11.5. The van der Waals surface area contributed by atoms with Gasteiger partial charge in [0.25, 0.3) is 5.91 Å². The standard InChI is InChI=1S/C21H21FN4O3/c1-28-12-6-7-13(16(10-12)29-2)17-15(22)9-8-14-18(23)20(26-25-19(14)17)21(27)24-11-4-3-5-11/h6-11H,3-5H2,1-2H3,(H2,23,25)(H,24,27). The van der Waals surface area contributed by atoms with Gasteiger partial charge in [0.15, 0.2) is 5.69 Å². The lowest BCUT2D eigenvalue weighted by Crippen LogP contribution is -2.40. The van der Waals surface area contributed by atoms with E-state index in [1.54, 1.807) is 18.2 Å². The van der Waals surface area contributed by atoms with Crippen LogP contribution in [0.3, 0.4) is 0 Å². The van der Waals surface area contributed by atoms with Crippen LogP contribution in [0.1, 0.15) is 29.8 Å². The number of nitrogens with one attached hydrogen (secondary N) is 1. The highest BCUT2D eigenvalue weighted by molar-refractivity contribution is 6.08. The van der Waals surface area contributed by atoms with Gasteiger partial charge in [0.05, 0.1) is 19.9 Å². The number of methoxy groups -OCH3 is 2. The topological polar surface area (TPSA) is 99.4 Å². The highest BCUT2D eigenvalue weighted by Gasteiger charge is 2.25. The van der Waals surface area contributed by atoms with Crippen LogP contribution in [0.4, 0.5) is 10.1 Å². The normalized spacial score (nSPS) is 13.8. The molecule has 29 heavy (non-hydrogen) atoms. The molecule has 7 nitrogen and oxygen atoms in total. The summed E-state index contributed by atoms with van der Waals surface area (Å²) >= 11 is 0. The average molecular weight is 396 g/mol. The number of halogens is 1. The minimum atomic E-state index is -0.499. The van der Waals surface area contributed by atoms with Crippen LogP contribution in [0.25, 0.3) is 22.0 Å². The van der Waals surface area contributed by atoms with E-state index < -0.39 is 5.82 Å². The van der Waals surface area contributed by atoms with Crippen LogP contribution in [0, 0.1) is 5.82 Å². The van der Waals surface area contributed by atoms with Gasteiger partial charge in [0.1, 0.15) is 22.8 Å². The van der Waals surface area contributed by atoms with Crippen LogP contribution >= 0.6 is 0 Å². The summed E-state index contributed by atoms with van der Waals surface area (Å²) < 4.78 is 25.5. The molecule has 4 rings (SSSR count). The minimum Gasteiger partial charge on any atom is -0.497 e. The van der Waals surface area contributed by atoms with Gasteiger partial charge in [-0.15, -0.1) is 10.2 Å². The number of aromatic nitrogens is 2. The summed E-state index contributed by atoms with van der Waals surface area (Å²) in [5.74, 6) is 0.130. The Morgan fingerprint density at radius 3 is 2.62 bits per heavy atom. The largest absolute Gasteiger partial charge is 0.497 e. The molecular formula is C21H21FN4O3. The Morgan fingerprint density at radius 2 is 1.97 bits per heavy atom. The number of benzene rings is 2. The third kappa shape index (κ3) is 3.30. The molecule has 0 radical (unpaired) electrons. The van der Waals surface area contributed by atoms with E-state index in [1.165, 1.54) is 26.4 Å². The molecule has 0 bridgehead atoms. The Morgan fingerprint density at radius 1 is 1.17 bits per heavy atom. The number of anilines is 1. The zero-order valence-electron chi connectivity index (χ0n) is 16.2. The van der Waals surface area contributed by atoms with Gasteiger partial charge in [-0.1, -0.05) is 0 Å². The average Bonchev–Trinajstić information content (AvgIpc) is 2.70. The number of nitrogens with zero attached hydrogens (tertiary/aromatic N) is 2. The zero-order chi connectivity index (χ0) is 20.5. The van der Waals surface area contributed by atoms with Crippen LogP contribution in [-0.2, 0) is 0 Å².